The maximum Gasteiger partial charge on any atom is 0.0766 e. The van der Waals surface area contributed by atoms with Crippen molar-refractivity contribution in [1.29, 1.82) is 0 Å². The molecule has 0 unspecified atom stereocenters. The average Bonchev–Trinajstić information content (AvgIpc) is 2.32. The third-order valence-electron chi connectivity index (χ3n) is 2.80. The van der Waals surface area contributed by atoms with Crippen molar-refractivity contribution in [3.63, 3.8) is 0 Å². The molecule has 2 aromatic rings. The lowest BCUT2D eigenvalue weighted by molar-refractivity contribution is 1.05. The Bertz CT molecular complexity index is 535. The number of fused-ring (bicyclic) bond motifs is 1. The predicted octanol–water partition coefficient (Wildman–Crippen LogP) is 3.91. The number of rotatable bonds is 2. The molecule has 0 aliphatic heterocycles. The van der Waals surface area contributed by atoms with Crippen LogP contribution in [0.15, 0.2) is 22.7 Å². The lowest BCUT2D eigenvalue weighted by Crippen LogP contribution is -1.97. The molecule has 2 rings (SSSR count). The third-order valence-corrected chi connectivity index (χ3v) is 3.46. The van der Waals surface area contributed by atoms with Crippen molar-refractivity contribution in [2.45, 2.75) is 20.3 Å². The van der Waals surface area contributed by atoms with E-state index in [1.54, 1.807) is 0 Å². The first kappa shape index (κ1) is 11.4. The fraction of sp³-hybridized carbons (Fsp3) is 0.308. The topological polar surface area (TPSA) is 24.9 Å². The maximum atomic E-state index is 4.69. The Morgan fingerprint density at radius 2 is 2.12 bits per heavy atom. The normalized spacial score (nSPS) is 10.8. The van der Waals surface area contributed by atoms with Crippen LogP contribution in [0.25, 0.3) is 10.9 Å². The molecular weight excluding hydrogens is 264 g/mol. The molecule has 1 N–H and O–H groups in total. The summed E-state index contributed by atoms with van der Waals surface area (Å²) in [6.45, 7) is 4.22. The highest BCUT2D eigenvalue weighted by atomic mass is 79.9. The SMILES string of the molecule is CCc1cc(NC)c2c(Br)ccc(C)c2n1. The Labute approximate surface area is 104 Å². The Balaban J connectivity index is 2.88. The summed E-state index contributed by atoms with van der Waals surface area (Å²) in [4.78, 5) is 4.69. The van der Waals surface area contributed by atoms with Crippen molar-refractivity contribution in [2.75, 3.05) is 12.4 Å². The summed E-state index contributed by atoms with van der Waals surface area (Å²) in [6.07, 6.45) is 0.955. The molecule has 0 atom stereocenters. The summed E-state index contributed by atoms with van der Waals surface area (Å²) in [5.74, 6) is 0. The van der Waals surface area contributed by atoms with Gasteiger partial charge >= 0.3 is 0 Å². The summed E-state index contributed by atoms with van der Waals surface area (Å²) in [5, 5.41) is 4.41. The fourth-order valence-electron chi connectivity index (χ4n) is 1.86. The molecule has 3 heteroatoms. The van der Waals surface area contributed by atoms with Crippen molar-refractivity contribution < 1.29 is 0 Å². The van der Waals surface area contributed by atoms with Gasteiger partial charge in [0, 0.05) is 28.3 Å². The van der Waals surface area contributed by atoms with E-state index < -0.39 is 0 Å². The number of anilines is 1. The minimum absolute atomic E-state index is 0.955. The van der Waals surface area contributed by atoms with E-state index in [2.05, 4.69) is 53.3 Å². The van der Waals surface area contributed by atoms with Gasteiger partial charge in [-0.1, -0.05) is 28.9 Å². The smallest absolute Gasteiger partial charge is 0.0766 e. The Hall–Kier alpha value is -1.09. The molecule has 1 aromatic heterocycles. The second-order valence-electron chi connectivity index (χ2n) is 3.85. The molecule has 1 heterocycles. The zero-order valence-electron chi connectivity index (χ0n) is 9.76. The van der Waals surface area contributed by atoms with Gasteiger partial charge in [-0.3, -0.25) is 4.98 Å². The highest BCUT2D eigenvalue weighted by molar-refractivity contribution is 9.10. The van der Waals surface area contributed by atoms with E-state index in [0.29, 0.717) is 0 Å². The van der Waals surface area contributed by atoms with Gasteiger partial charge in [-0.15, -0.1) is 0 Å². The van der Waals surface area contributed by atoms with Crippen LogP contribution in [0.5, 0.6) is 0 Å². The third kappa shape index (κ3) is 1.80. The molecule has 1 aromatic carbocycles. The molecule has 0 saturated heterocycles. The van der Waals surface area contributed by atoms with E-state index >= 15 is 0 Å². The second kappa shape index (κ2) is 4.42. The number of benzene rings is 1. The number of nitrogens with zero attached hydrogens (tertiary/aromatic N) is 1. The van der Waals surface area contributed by atoms with Gasteiger partial charge in [-0.05, 0) is 31.0 Å². The average molecular weight is 279 g/mol. The number of nitrogens with one attached hydrogen (secondary N) is 1. The van der Waals surface area contributed by atoms with Crippen LogP contribution in [0.1, 0.15) is 18.2 Å². The fourth-order valence-corrected chi connectivity index (χ4v) is 2.40. The van der Waals surface area contributed by atoms with Gasteiger partial charge in [0.2, 0.25) is 0 Å². The van der Waals surface area contributed by atoms with Gasteiger partial charge in [-0.2, -0.15) is 0 Å². The first-order chi connectivity index (χ1) is 7.67. The monoisotopic (exact) mass is 278 g/mol. The molecule has 0 spiro atoms. The quantitative estimate of drug-likeness (QED) is 0.901. The molecular formula is C13H15BrN2. The molecule has 0 fully saturated rings. The number of aryl methyl sites for hydroxylation is 2. The van der Waals surface area contributed by atoms with Crippen LogP contribution in [0, 0.1) is 6.92 Å². The second-order valence-corrected chi connectivity index (χ2v) is 4.71. The summed E-state index contributed by atoms with van der Waals surface area (Å²) < 4.78 is 1.09. The zero-order valence-corrected chi connectivity index (χ0v) is 11.4. The summed E-state index contributed by atoms with van der Waals surface area (Å²) in [6, 6.07) is 6.29. The van der Waals surface area contributed by atoms with Crippen molar-refractivity contribution in [1.82, 2.24) is 4.98 Å². The molecule has 0 aliphatic carbocycles. The molecule has 84 valence electrons. The lowest BCUT2D eigenvalue weighted by Gasteiger charge is -2.11. The minimum Gasteiger partial charge on any atom is -0.387 e. The number of halogens is 1. The Morgan fingerprint density at radius 3 is 2.75 bits per heavy atom. The van der Waals surface area contributed by atoms with Gasteiger partial charge in [0.05, 0.1) is 5.52 Å². The predicted molar refractivity (Wildman–Crippen MR) is 73.1 cm³/mol. The van der Waals surface area contributed by atoms with Crippen molar-refractivity contribution in [3.8, 4) is 0 Å². The van der Waals surface area contributed by atoms with Crippen LogP contribution < -0.4 is 5.32 Å². The van der Waals surface area contributed by atoms with Gasteiger partial charge in [-0.25, -0.2) is 0 Å². The molecule has 0 bridgehead atoms. The van der Waals surface area contributed by atoms with Crippen LogP contribution in [-0.4, -0.2) is 12.0 Å². The standard InChI is InChI=1S/C13H15BrN2/c1-4-9-7-11(15-3)12-10(14)6-5-8(2)13(12)16-9/h5-7H,4H2,1-3H3,(H,15,16). The Morgan fingerprint density at radius 1 is 1.38 bits per heavy atom. The first-order valence-corrected chi connectivity index (χ1v) is 6.23. The van der Waals surface area contributed by atoms with Crippen LogP contribution in [0.2, 0.25) is 0 Å². The summed E-state index contributed by atoms with van der Waals surface area (Å²) in [5.41, 5.74) is 4.55. The van der Waals surface area contributed by atoms with E-state index in [4.69, 9.17) is 4.98 Å². The number of pyridine rings is 1. The summed E-state index contributed by atoms with van der Waals surface area (Å²) in [7, 11) is 1.95. The number of hydrogen-bond acceptors (Lipinski definition) is 2. The van der Waals surface area contributed by atoms with E-state index in [-0.39, 0.29) is 0 Å². The zero-order chi connectivity index (χ0) is 11.7. The first-order valence-electron chi connectivity index (χ1n) is 5.43. The van der Waals surface area contributed by atoms with Crippen LogP contribution in [0.4, 0.5) is 5.69 Å². The van der Waals surface area contributed by atoms with E-state index in [1.807, 2.05) is 7.05 Å². The Kier molecular flexibility index (Phi) is 3.15. The highest BCUT2D eigenvalue weighted by Gasteiger charge is 2.09. The van der Waals surface area contributed by atoms with Gasteiger partial charge in [0.15, 0.2) is 0 Å². The molecule has 0 saturated carbocycles. The van der Waals surface area contributed by atoms with Crippen molar-refractivity contribution >= 4 is 32.5 Å². The highest BCUT2D eigenvalue weighted by Crippen LogP contribution is 2.32. The largest absolute Gasteiger partial charge is 0.387 e. The van der Waals surface area contributed by atoms with Gasteiger partial charge in [0.1, 0.15) is 0 Å². The van der Waals surface area contributed by atoms with Crippen molar-refractivity contribution in [3.05, 3.63) is 33.9 Å². The van der Waals surface area contributed by atoms with Crippen LogP contribution in [0.3, 0.4) is 0 Å². The molecule has 16 heavy (non-hydrogen) atoms. The molecule has 0 radical (unpaired) electrons. The lowest BCUT2D eigenvalue weighted by atomic mass is 10.1. The van der Waals surface area contributed by atoms with Crippen molar-refractivity contribution in [2.24, 2.45) is 0 Å². The molecule has 0 aliphatic rings. The molecule has 2 nitrogen and oxygen atoms in total. The van der Waals surface area contributed by atoms with E-state index in [9.17, 15) is 0 Å². The van der Waals surface area contributed by atoms with Gasteiger partial charge in [0.25, 0.3) is 0 Å². The number of hydrogen-bond donors (Lipinski definition) is 1. The van der Waals surface area contributed by atoms with E-state index in [0.717, 1.165) is 27.8 Å². The van der Waals surface area contributed by atoms with Crippen LogP contribution >= 0.6 is 15.9 Å². The maximum absolute atomic E-state index is 4.69. The number of aromatic nitrogens is 1. The van der Waals surface area contributed by atoms with E-state index in [1.165, 1.54) is 10.9 Å². The molecule has 0 amide bonds. The van der Waals surface area contributed by atoms with Crippen LogP contribution in [-0.2, 0) is 6.42 Å². The van der Waals surface area contributed by atoms with Gasteiger partial charge < -0.3 is 5.32 Å². The minimum atomic E-state index is 0.955. The summed E-state index contributed by atoms with van der Waals surface area (Å²) >= 11 is 3.59.